The zero-order valence-corrected chi connectivity index (χ0v) is 6.14. The average molecular weight is 196 g/mol. The number of rotatable bonds is 0. The lowest BCUT2D eigenvalue weighted by Gasteiger charge is -1.34. The summed E-state index contributed by atoms with van der Waals surface area (Å²) in [6, 6.07) is 0. The molecule has 3 nitrogen and oxygen atoms in total. The second kappa shape index (κ2) is 16.1. The van der Waals surface area contributed by atoms with Crippen LogP contribution in [0.15, 0.2) is 0 Å². The van der Waals surface area contributed by atoms with Crippen LogP contribution < -0.4 is 0 Å². The Morgan fingerprint density at radius 1 is 1.43 bits per heavy atom. The molecule has 0 spiro atoms. The van der Waals surface area contributed by atoms with Gasteiger partial charge in [-0.05, 0) is 0 Å². The Kier molecular flexibility index (Phi) is 36.0. The van der Waals surface area contributed by atoms with E-state index in [1.54, 1.807) is 0 Å². The molecule has 6 heteroatoms. The van der Waals surface area contributed by atoms with Crippen molar-refractivity contribution in [2.24, 2.45) is 0 Å². The van der Waals surface area contributed by atoms with E-state index in [1.165, 1.54) is 0 Å². The van der Waals surface area contributed by atoms with Gasteiger partial charge in [-0.1, -0.05) is 0 Å². The number of alkyl halides is 1. The molecule has 0 fully saturated rings. The molecule has 2 N–H and O–H groups in total. The molecule has 0 aliphatic heterocycles. The Morgan fingerprint density at radius 2 is 1.43 bits per heavy atom. The van der Waals surface area contributed by atoms with Crippen molar-refractivity contribution in [1.82, 2.24) is 0 Å². The van der Waals surface area contributed by atoms with Crippen LogP contribution in [0.3, 0.4) is 0 Å². The van der Waals surface area contributed by atoms with E-state index in [2.05, 4.69) is 0 Å². The SMILES string of the molecule is Br.CF.O=[P+](O)O. The van der Waals surface area contributed by atoms with Crippen LogP contribution in [-0.2, 0) is 4.57 Å². The minimum atomic E-state index is -2.87. The second-order valence-corrected chi connectivity index (χ2v) is 0.758. The van der Waals surface area contributed by atoms with Crippen LogP contribution in [0.25, 0.3) is 0 Å². The van der Waals surface area contributed by atoms with Crippen molar-refractivity contribution in [1.29, 1.82) is 0 Å². The van der Waals surface area contributed by atoms with Gasteiger partial charge in [0.2, 0.25) is 0 Å². The monoisotopic (exact) mass is 195 g/mol. The van der Waals surface area contributed by atoms with Gasteiger partial charge in [-0.3, -0.25) is 4.39 Å². The lowest BCUT2D eigenvalue weighted by atomic mass is 11.9. The third-order valence-electron chi connectivity index (χ3n) is 0. The van der Waals surface area contributed by atoms with Gasteiger partial charge in [-0.15, -0.1) is 26.8 Å². The maximum absolute atomic E-state index is 9.50. The standard InChI is InChI=1S/CH3F.BrH.HO3P/c1-2;;1-4(2)3/h1H3;1H;(H-,1,2,3)/p+1. The summed E-state index contributed by atoms with van der Waals surface area (Å²) in [5, 5.41) is 0. The van der Waals surface area contributed by atoms with E-state index in [0.29, 0.717) is 7.18 Å². The Bertz CT molecular complexity index is 37.9. The molecule has 0 amide bonds. The summed E-state index contributed by atoms with van der Waals surface area (Å²) in [7, 11) is -2.37. The van der Waals surface area contributed by atoms with E-state index in [1.807, 2.05) is 0 Å². The summed E-state index contributed by atoms with van der Waals surface area (Å²) >= 11 is 0. The molecule has 46 valence electrons. The van der Waals surface area contributed by atoms with Crippen molar-refractivity contribution in [2.75, 3.05) is 7.18 Å². The van der Waals surface area contributed by atoms with Crippen LogP contribution >= 0.6 is 25.2 Å². The number of halogens is 2. The summed E-state index contributed by atoms with van der Waals surface area (Å²) in [5.41, 5.74) is 0. The predicted octanol–water partition coefficient (Wildman–Crippen LogP) is 0.792. The fraction of sp³-hybridized carbons (Fsp3) is 1.00. The van der Waals surface area contributed by atoms with Gasteiger partial charge in [0.05, 0.1) is 7.18 Å². The summed E-state index contributed by atoms with van der Waals surface area (Å²) in [6.45, 7) is 0. The van der Waals surface area contributed by atoms with Gasteiger partial charge < -0.3 is 0 Å². The molecule has 0 atom stereocenters. The van der Waals surface area contributed by atoms with E-state index in [0.717, 1.165) is 0 Å². The van der Waals surface area contributed by atoms with Crippen molar-refractivity contribution in [3.8, 4) is 0 Å². The first-order valence-electron chi connectivity index (χ1n) is 0.961. The molecule has 7 heavy (non-hydrogen) atoms. The van der Waals surface area contributed by atoms with Crippen molar-refractivity contribution in [2.45, 2.75) is 0 Å². The molecule has 0 unspecified atom stereocenters. The summed E-state index contributed by atoms with van der Waals surface area (Å²) in [6.07, 6.45) is 0. The maximum Gasteiger partial charge on any atom is 0.692 e. The van der Waals surface area contributed by atoms with Gasteiger partial charge in [-0.25, -0.2) is 0 Å². The van der Waals surface area contributed by atoms with E-state index >= 15 is 0 Å². The van der Waals surface area contributed by atoms with Crippen LogP contribution in [0.1, 0.15) is 0 Å². The highest BCUT2D eigenvalue weighted by Gasteiger charge is 1.93. The molecule has 0 rings (SSSR count). The average Bonchev–Trinajstić information content (AvgIpc) is 1.41. The second-order valence-electron chi connectivity index (χ2n) is 0.253. The molecule has 0 saturated carbocycles. The fourth-order valence-corrected chi connectivity index (χ4v) is 0. The molecule has 0 aromatic heterocycles. The number of hydrogen-bond donors (Lipinski definition) is 2. The molecule has 0 heterocycles. The van der Waals surface area contributed by atoms with Gasteiger partial charge >= 0.3 is 8.25 Å². The lowest BCUT2D eigenvalue weighted by molar-refractivity contribution is 0.405. The summed E-state index contributed by atoms with van der Waals surface area (Å²) < 4.78 is 18.2. The van der Waals surface area contributed by atoms with Gasteiger partial charge in [0.25, 0.3) is 0 Å². The van der Waals surface area contributed by atoms with Crippen LogP contribution in [0.4, 0.5) is 4.39 Å². The zero-order chi connectivity index (χ0) is 5.58. The van der Waals surface area contributed by atoms with Gasteiger partial charge in [0.15, 0.2) is 0 Å². The molecule has 0 bridgehead atoms. The maximum atomic E-state index is 9.50. The van der Waals surface area contributed by atoms with Crippen molar-refractivity contribution in [3.63, 3.8) is 0 Å². The lowest BCUT2D eigenvalue weighted by Crippen LogP contribution is -1.38. The molecule has 0 aliphatic carbocycles. The summed E-state index contributed by atoms with van der Waals surface area (Å²) in [4.78, 5) is 14.2. The largest absolute Gasteiger partial charge is 0.692 e. The van der Waals surface area contributed by atoms with E-state index < -0.39 is 8.25 Å². The van der Waals surface area contributed by atoms with E-state index in [9.17, 15) is 4.39 Å². The quantitative estimate of drug-likeness (QED) is 0.563. The highest BCUT2D eigenvalue weighted by atomic mass is 79.9. The van der Waals surface area contributed by atoms with E-state index in [-0.39, 0.29) is 17.0 Å². The molecule has 0 saturated heterocycles. The Hall–Kier alpha value is 0.430. The molecule has 0 aromatic carbocycles. The van der Waals surface area contributed by atoms with Gasteiger partial charge in [0, 0.05) is 4.57 Å². The Balaban J connectivity index is -0.0000000480. The molecule has 0 radical (unpaired) electrons. The Labute approximate surface area is 51.9 Å². The van der Waals surface area contributed by atoms with Gasteiger partial charge in [0.1, 0.15) is 0 Å². The van der Waals surface area contributed by atoms with Crippen LogP contribution in [0.5, 0.6) is 0 Å². The van der Waals surface area contributed by atoms with Crippen LogP contribution in [0.2, 0.25) is 0 Å². The first kappa shape index (κ1) is 15.7. The highest BCUT2D eigenvalue weighted by molar-refractivity contribution is 8.93. The summed E-state index contributed by atoms with van der Waals surface area (Å²) in [5.74, 6) is 0. The smallest absolute Gasteiger partial charge is 0.255 e. The molecule has 0 aromatic rings. The Morgan fingerprint density at radius 3 is 1.43 bits per heavy atom. The topological polar surface area (TPSA) is 57.5 Å². The first-order chi connectivity index (χ1) is 2.73. The predicted molar refractivity (Wildman–Crippen MR) is 29.4 cm³/mol. The highest BCUT2D eigenvalue weighted by Crippen LogP contribution is 1.98. The third kappa shape index (κ3) is 682. The molecule has 0 aliphatic rings. The normalized spacial score (nSPS) is 4.57. The van der Waals surface area contributed by atoms with Gasteiger partial charge in [-0.2, -0.15) is 0 Å². The minimum absolute atomic E-state index is 0. The van der Waals surface area contributed by atoms with Crippen molar-refractivity contribution in [3.05, 3.63) is 0 Å². The van der Waals surface area contributed by atoms with Crippen molar-refractivity contribution < 1.29 is 18.7 Å². The minimum Gasteiger partial charge on any atom is -0.255 e. The van der Waals surface area contributed by atoms with Crippen LogP contribution in [0, 0.1) is 0 Å². The van der Waals surface area contributed by atoms with Crippen molar-refractivity contribution >= 4 is 25.2 Å². The molecular formula is CH6BrFO3P+. The number of hydrogen-bond acceptors (Lipinski definition) is 1. The molecular weight excluding hydrogens is 190 g/mol. The van der Waals surface area contributed by atoms with E-state index in [4.69, 9.17) is 14.4 Å². The first-order valence-corrected chi connectivity index (χ1v) is 2.13. The fourth-order valence-electron chi connectivity index (χ4n) is 0. The zero-order valence-electron chi connectivity index (χ0n) is 3.54. The van der Waals surface area contributed by atoms with Crippen LogP contribution in [-0.4, -0.2) is 17.0 Å². The third-order valence-corrected chi connectivity index (χ3v) is 0.